The second-order valence-corrected chi connectivity index (χ2v) is 5.71. The molecule has 0 spiro atoms. The van der Waals surface area contributed by atoms with Gasteiger partial charge in [0.25, 0.3) is 0 Å². The van der Waals surface area contributed by atoms with Gasteiger partial charge in [-0.2, -0.15) is 0 Å². The summed E-state index contributed by atoms with van der Waals surface area (Å²) < 4.78 is 5.66. The Hall–Kier alpha value is -1.51. The fourth-order valence-electron chi connectivity index (χ4n) is 3.83. The van der Waals surface area contributed by atoms with E-state index in [0.717, 1.165) is 37.0 Å². The summed E-state index contributed by atoms with van der Waals surface area (Å²) in [6.07, 6.45) is 6.21. The van der Waals surface area contributed by atoms with Crippen LogP contribution in [0.4, 0.5) is 0 Å². The number of carboxylic acid groups (broad SMARTS) is 1. The smallest absolute Gasteiger partial charge is 0.314 e. The number of hydrogen-bond acceptors (Lipinski definition) is 2. The third-order valence-corrected chi connectivity index (χ3v) is 4.81. The van der Waals surface area contributed by atoms with Crippen LogP contribution in [0.15, 0.2) is 24.3 Å². The largest absolute Gasteiger partial charge is 0.493 e. The van der Waals surface area contributed by atoms with Crippen LogP contribution in [0.3, 0.4) is 0 Å². The Balaban J connectivity index is 2.08. The van der Waals surface area contributed by atoms with Crippen LogP contribution in [0.1, 0.15) is 44.1 Å². The summed E-state index contributed by atoms with van der Waals surface area (Å²) >= 11 is 0. The van der Waals surface area contributed by atoms with Crippen molar-refractivity contribution in [2.45, 2.75) is 43.9 Å². The fourth-order valence-corrected chi connectivity index (χ4v) is 3.83. The van der Waals surface area contributed by atoms with Gasteiger partial charge in [0, 0.05) is 12.0 Å². The Morgan fingerprint density at radius 3 is 2.68 bits per heavy atom. The van der Waals surface area contributed by atoms with E-state index in [1.165, 1.54) is 6.42 Å². The maximum atomic E-state index is 12.1. The zero-order valence-electron chi connectivity index (χ0n) is 11.1. The summed E-state index contributed by atoms with van der Waals surface area (Å²) in [4.78, 5) is 12.1. The van der Waals surface area contributed by atoms with E-state index in [9.17, 15) is 9.90 Å². The Kier molecular flexibility index (Phi) is 3.21. The van der Waals surface area contributed by atoms with E-state index in [1.807, 2.05) is 24.3 Å². The van der Waals surface area contributed by atoms with Crippen LogP contribution in [-0.2, 0) is 10.2 Å². The van der Waals surface area contributed by atoms with Crippen molar-refractivity contribution in [1.29, 1.82) is 0 Å². The second kappa shape index (κ2) is 4.87. The van der Waals surface area contributed by atoms with Crippen molar-refractivity contribution in [3.05, 3.63) is 29.8 Å². The van der Waals surface area contributed by atoms with Gasteiger partial charge in [0.15, 0.2) is 0 Å². The van der Waals surface area contributed by atoms with E-state index in [2.05, 4.69) is 0 Å². The molecule has 0 radical (unpaired) electrons. The van der Waals surface area contributed by atoms with Crippen LogP contribution in [-0.4, -0.2) is 17.7 Å². The molecular weight excluding hydrogens is 240 g/mol. The average molecular weight is 260 g/mol. The molecule has 3 rings (SSSR count). The Morgan fingerprint density at radius 2 is 1.95 bits per heavy atom. The summed E-state index contributed by atoms with van der Waals surface area (Å²) in [5.74, 6) is 0.348. The minimum absolute atomic E-state index is 0.254. The van der Waals surface area contributed by atoms with E-state index < -0.39 is 11.4 Å². The third kappa shape index (κ3) is 1.92. The average Bonchev–Trinajstić information content (AvgIpc) is 2.47. The SMILES string of the molecule is O=C(O)C1(C2CCCCC2)CCOc2ccccc21. The van der Waals surface area contributed by atoms with Gasteiger partial charge < -0.3 is 9.84 Å². The quantitative estimate of drug-likeness (QED) is 0.886. The van der Waals surface area contributed by atoms with Gasteiger partial charge >= 0.3 is 5.97 Å². The van der Waals surface area contributed by atoms with Crippen LogP contribution >= 0.6 is 0 Å². The number of ether oxygens (including phenoxy) is 1. The van der Waals surface area contributed by atoms with Crippen molar-refractivity contribution in [1.82, 2.24) is 0 Å². The van der Waals surface area contributed by atoms with Crippen molar-refractivity contribution >= 4 is 5.97 Å². The summed E-state index contributed by atoms with van der Waals surface area (Å²) in [5, 5.41) is 9.93. The van der Waals surface area contributed by atoms with Crippen molar-refractivity contribution in [2.75, 3.05) is 6.61 Å². The molecule has 1 aromatic carbocycles. The maximum Gasteiger partial charge on any atom is 0.314 e. The second-order valence-electron chi connectivity index (χ2n) is 5.71. The van der Waals surface area contributed by atoms with Gasteiger partial charge in [-0.05, 0) is 24.8 Å². The molecule has 1 aliphatic heterocycles. The predicted octanol–water partition coefficient (Wildman–Crippen LogP) is 3.37. The highest BCUT2D eigenvalue weighted by Crippen LogP contribution is 2.48. The molecule has 1 aromatic rings. The van der Waals surface area contributed by atoms with Crippen LogP contribution in [0.5, 0.6) is 5.75 Å². The van der Waals surface area contributed by atoms with Gasteiger partial charge in [0.1, 0.15) is 11.2 Å². The maximum absolute atomic E-state index is 12.1. The van der Waals surface area contributed by atoms with Crippen LogP contribution in [0.25, 0.3) is 0 Å². The molecule has 1 N–H and O–H groups in total. The fraction of sp³-hybridized carbons (Fsp3) is 0.562. The summed E-state index contributed by atoms with van der Waals surface area (Å²) in [6, 6.07) is 7.68. The Morgan fingerprint density at radius 1 is 1.21 bits per heavy atom. The molecule has 1 saturated carbocycles. The minimum Gasteiger partial charge on any atom is -0.493 e. The molecule has 1 unspecified atom stereocenters. The van der Waals surface area contributed by atoms with Crippen molar-refractivity contribution < 1.29 is 14.6 Å². The number of fused-ring (bicyclic) bond motifs is 1. The molecule has 0 aromatic heterocycles. The first-order valence-corrected chi connectivity index (χ1v) is 7.21. The highest BCUT2D eigenvalue weighted by atomic mass is 16.5. The van der Waals surface area contributed by atoms with E-state index in [4.69, 9.17) is 4.74 Å². The Labute approximate surface area is 113 Å². The number of aliphatic carboxylic acids is 1. The van der Waals surface area contributed by atoms with Gasteiger partial charge in [0.2, 0.25) is 0 Å². The Bertz CT molecular complexity index is 477. The topological polar surface area (TPSA) is 46.5 Å². The number of benzene rings is 1. The zero-order valence-corrected chi connectivity index (χ0v) is 11.1. The van der Waals surface area contributed by atoms with Crippen molar-refractivity contribution in [3.63, 3.8) is 0 Å². The lowest BCUT2D eigenvalue weighted by Gasteiger charge is -2.42. The molecule has 1 atom stereocenters. The van der Waals surface area contributed by atoms with Gasteiger partial charge in [-0.15, -0.1) is 0 Å². The van der Waals surface area contributed by atoms with Gasteiger partial charge in [-0.1, -0.05) is 37.5 Å². The van der Waals surface area contributed by atoms with Crippen molar-refractivity contribution in [2.24, 2.45) is 5.92 Å². The number of hydrogen-bond donors (Lipinski definition) is 1. The van der Waals surface area contributed by atoms with E-state index in [1.54, 1.807) is 0 Å². The lowest BCUT2D eigenvalue weighted by atomic mass is 9.62. The summed E-state index contributed by atoms with van der Waals surface area (Å²) in [6.45, 7) is 0.514. The first kappa shape index (κ1) is 12.5. The molecule has 2 aliphatic rings. The molecule has 0 saturated heterocycles. The van der Waals surface area contributed by atoms with E-state index in [-0.39, 0.29) is 5.92 Å². The van der Waals surface area contributed by atoms with Gasteiger partial charge in [-0.3, -0.25) is 4.79 Å². The predicted molar refractivity (Wildman–Crippen MR) is 72.4 cm³/mol. The molecule has 3 nitrogen and oxygen atoms in total. The number of para-hydroxylation sites is 1. The third-order valence-electron chi connectivity index (χ3n) is 4.81. The van der Waals surface area contributed by atoms with Crippen LogP contribution in [0.2, 0.25) is 0 Å². The molecule has 1 fully saturated rings. The zero-order chi connectivity index (χ0) is 13.3. The summed E-state index contributed by atoms with van der Waals surface area (Å²) in [7, 11) is 0. The van der Waals surface area contributed by atoms with Crippen LogP contribution in [0, 0.1) is 5.92 Å². The van der Waals surface area contributed by atoms with Crippen LogP contribution < -0.4 is 4.74 Å². The normalized spacial score (nSPS) is 27.4. The number of rotatable bonds is 2. The van der Waals surface area contributed by atoms with E-state index in [0.29, 0.717) is 13.0 Å². The first-order valence-electron chi connectivity index (χ1n) is 7.21. The molecule has 1 aliphatic carbocycles. The van der Waals surface area contributed by atoms with Gasteiger partial charge in [0.05, 0.1) is 6.61 Å². The van der Waals surface area contributed by atoms with Crippen molar-refractivity contribution in [3.8, 4) is 5.75 Å². The van der Waals surface area contributed by atoms with E-state index >= 15 is 0 Å². The van der Waals surface area contributed by atoms with Gasteiger partial charge in [-0.25, -0.2) is 0 Å². The number of carboxylic acids is 1. The molecule has 19 heavy (non-hydrogen) atoms. The highest BCUT2D eigenvalue weighted by Gasteiger charge is 2.50. The molecular formula is C16H20O3. The minimum atomic E-state index is -0.727. The lowest BCUT2D eigenvalue weighted by Crippen LogP contribution is -2.47. The monoisotopic (exact) mass is 260 g/mol. The highest BCUT2D eigenvalue weighted by molar-refractivity contribution is 5.83. The molecule has 0 amide bonds. The summed E-state index contributed by atoms with van der Waals surface area (Å²) in [5.41, 5.74) is 0.163. The molecule has 0 bridgehead atoms. The molecule has 3 heteroatoms. The number of carbonyl (C=O) groups is 1. The lowest BCUT2D eigenvalue weighted by molar-refractivity contribution is -0.148. The molecule has 102 valence electrons. The standard InChI is InChI=1S/C16H20O3/c17-15(18)16(12-6-2-1-3-7-12)10-11-19-14-9-5-4-8-13(14)16/h4-5,8-9,12H,1-3,6-7,10-11H2,(H,17,18). The first-order chi connectivity index (χ1) is 9.25. The molecule has 1 heterocycles.